The number of fused-ring (bicyclic) bond motifs is 2. The van der Waals surface area contributed by atoms with Crippen molar-refractivity contribution in [3.05, 3.63) is 41.2 Å². The van der Waals surface area contributed by atoms with Gasteiger partial charge in [-0.15, -0.1) is 21.5 Å². The van der Waals surface area contributed by atoms with Crippen LogP contribution in [-0.2, 0) is 17.7 Å². The summed E-state index contributed by atoms with van der Waals surface area (Å²) in [6.07, 6.45) is 5.54. The van der Waals surface area contributed by atoms with Crippen molar-refractivity contribution in [2.24, 2.45) is 5.92 Å². The average Bonchev–Trinajstić information content (AvgIpc) is 3.56. The number of nitrogens with zero attached hydrogens (tertiary/aromatic N) is 4. The van der Waals surface area contributed by atoms with E-state index in [2.05, 4.69) is 20.5 Å². The molecule has 1 saturated heterocycles. The molecule has 1 amide bonds. The van der Waals surface area contributed by atoms with Crippen molar-refractivity contribution < 1.29 is 13.9 Å². The van der Waals surface area contributed by atoms with Gasteiger partial charge in [-0.2, -0.15) is 0 Å². The maximum Gasteiger partial charge on any atom is 0.254 e. The lowest BCUT2D eigenvalue weighted by atomic mass is 9.90. The van der Waals surface area contributed by atoms with Crippen molar-refractivity contribution in [3.63, 3.8) is 0 Å². The minimum Gasteiger partial charge on any atom is -0.421 e. The number of carbonyl (C=O) groups excluding carboxylic acids is 1. The van der Waals surface area contributed by atoms with Gasteiger partial charge in [-0.25, -0.2) is 4.98 Å². The highest BCUT2D eigenvalue weighted by molar-refractivity contribution is 7.22. The maximum atomic E-state index is 13.0. The van der Waals surface area contributed by atoms with Crippen LogP contribution in [0.1, 0.15) is 46.9 Å². The SMILES string of the molecule is Cc1nnc(-c2c(CCC3CCOCC3)nc3c(c2-c2cc4ccnc(N)c4s2)C(=O)NC3)o1. The van der Waals surface area contributed by atoms with Gasteiger partial charge in [0.25, 0.3) is 5.91 Å². The van der Waals surface area contributed by atoms with E-state index >= 15 is 0 Å². The van der Waals surface area contributed by atoms with Crippen LogP contribution in [0.5, 0.6) is 0 Å². The third-order valence-electron chi connectivity index (χ3n) is 6.57. The summed E-state index contributed by atoms with van der Waals surface area (Å²) in [6, 6.07) is 3.98. The molecule has 1 fully saturated rings. The number of thiophene rings is 1. The maximum absolute atomic E-state index is 13.0. The molecule has 0 radical (unpaired) electrons. The Morgan fingerprint density at radius 2 is 2.06 bits per heavy atom. The minimum atomic E-state index is -0.144. The molecule has 0 atom stereocenters. The van der Waals surface area contributed by atoms with E-state index < -0.39 is 0 Å². The summed E-state index contributed by atoms with van der Waals surface area (Å²) in [5.74, 6) is 1.76. The van der Waals surface area contributed by atoms with E-state index in [-0.39, 0.29) is 5.91 Å². The van der Waals surface area contributed by atoms with Gasteiger partial charge in [0.15, 0.2) is 0 Å². The first kappa shape index (κ1) is 21.2. The normalized spacial score (nSPS) is 16.2. The molecule has 0 bridgehead atoms. The molecule has 10 heteroatoms. The van der Waals surface area contributed by atoms with E-state index in [1.54, 1.807) is 13.1 Å². The first-order valence-electron chi connectivity index (χ1n) is 11.4. The smallest absolute Gasteiger partial charge is 0.254 e. The number of nitrogen functional groups attached to an aromatic ring is 1. The van der Waals surface area contributed by atoms with Crippen LogP contribution in [0.4, 0.5) is 5.82 Å². The Bertz CT molecular complexity index is 1410. The molecule has 2 aliphatic heterocycles. The molecule has 6 rings (SSSR count). The van der Waals surface area contributed by atoms with Crippen molar-refractivity contribution in [1.82, 2.24) is 25.5 Å². The molecule has 0 aliphatic carbocycles. The van der Waals surface area contributed by atoms with E-state index in [9.17, 15) is 4.79 Å². The molecule has 174 valence electrons. The van der Waals surface area contributed by atoms with Crippen molar-refractivity contribution in [1.29, 1.82) is 0 Å². The van der Waals surface area contributed by atoms with Crippen molar-refractivity contribution in [2.45, 2.75) is 39.2 Å². The second-order valence-corrected chi connectivity index (χ2v) is 9.81. The van der Waals surface area contributed by atoms with E-state index in [1.165, 1.54) is 11.3 Å². The largest absolute Gasteiger partial charge is 0.421 e. The number of nitrogens with one attached hydrogen (secondary N) is 1. The van der Waals surface area contributed by atoms with E-state index in [1.807, 2.05) is 12.1 Å². The fraction of sp³-hybridized carbons (Fsp3) is 0.375. The predicted molar refractivity (Wildman–Crippen MR) is 128 cm³/mol. The van der Waals surface area contributed by atoms with Crippen LogP contribution >= 0.6 is 11.3 Å². The second kappa shape index (κ2) is 8.44. The number of anilines is 1. The van der Waals surface area contributed by atoms with Gasteiger partial charge in [-0.3, -0.25) is 9.78 Å². The third-order valence-corrected chi connectivity index (χ3v) is 7.76. The first-order valence-corrected chi connectivity index (χ1v) is 12.3. The van der Waals surface area contributed by atoms with Crippen LogP contribution in [-0.4, -0.2) is 39.3 Å². The summed E-state index contributed by atoms with van der Waals surface area (Å²) < 4.78 is 12.3. The summed E-state index contributed by atoms with van der Waals surface area (Å²) in [6.45, 7) is 3.78. The summed E-state index contributed by atoms with van der Waals surface area (Å²) in [5, 5.41) is 12.3. The Kier molecular flexibility index (Phi) is 5.26. The van der Waals surface area contributed by atoms with Crippen molar-refractivity contribution in [2.75, 3.05) is 18.9 Å². The Labute approximate surface area is 199 Å². The van der Waals surface area contributed by atoms with Gasteiger partial charge in [0.2, 0.25) is 11.8 Å². The number of pyridine rings is 2. The zero-order valence-electron chi connectivity index (χ0n) is 18.8. The Balaban J connectivity index is 1.56. The third kappa shape index (κ3) is 3.63. The lowest BCUT2D eigenvalue weighted by molar-refractivity contribution is 0.0639. The molecule has 9 nitrogen and oxygen atoms in total. The summed E-state index contributed by atoms with van der Waals surface area (Å²) >= 11 is 1.51. The Morgan fingerprint density at radius 1 is 1.21 bits per heavy atom. The standard InChI is InChI=1S/C24H24N6O3S/c1-12-29-30-24(33-12)19-15(3-2-13-5-8-32-9-6-13)28-16-11-27-23(31)18(16)20(19)17-10-14-4-7-26-22(25)21(14)34-17/h4,7,10,13H,2-3,5-6,8-9,11H2,1H3,(H2,25,26)(H,27,31). The van der Waals surface area contributed by atoms with Crippen LogP contribution < -0.4 is 11.1 Å². The van der Waals surface area contributed by atoms with Gasteiger partial charge < -0.3 is 20.2 Å². The lowest BCUT2D eigenvalue weighted by Crippen LogP contribution is -2.17. The van der Waals surface area contributed by atoms with Crippen LogP contribution in [0.15, 0.2) is 22.7 Å². The Hall–Kier alpha value is -3.37. The highest BCUT2D eigenvalue weighted by atomic mass is 32.1. The summed E-state index contributed by atoms with van der Waals surface area (Å²) in [4.78, 5) is 23.1. The molecular weight excluding hydrogens is 452 g/mol. The molecule has 6 heterocycles. The van der Waals surface area contributed by atoms with Gasteiger partial charge in [0, 0.05) is 36.8 Å². The zero-order valence-corrected chi connectivity index (χ0v) is 19.6. The Morgan fingerprint density at radius 3 is 2.82 bits per heavy atom. The van der Waals surface area contributed by atoms with Gasteiger partial charge >= 0.3 is 0 Å². The van der Waals surface area contributed by atoms with E-state index in [0.717, 1.165) is 76.4 Å². The van der Waals surface area contributed by atoms with E-state index in [4.69, 9.17) is 19.9 Å². The molecule has 34 heavy (non-hydrogen) atoms. The van der Waals surface area contributed by atoms with Gasteiger partial charge in [-0.05, 0) is 49.1 Å². The van der Waals surface area contributed by atoms with E-state index in [0.29, 0.717) is 35.6 Å². The number of rotatable bonds is 5. The van der Waals surface area contributed by atoms with Crippen LogP contribution in [0.2, 0.25) is 0 Å². The number of aromatic nitrogens is 4. The van der Waals surface area contributed by atoms with Crippen LogP contribution in [0, 0.1) is 12.8 Å². The topological polar surface area (TPSA) is 129 Å². The number of ether oxygens (including phenoxy) is 1. The zero-order chi connectivity index (χ0) is 23.2. The van der Waals surface area contributed by atoms with Crippen molar-refractivity contribution >= 4 is 33.1 Å². The molecule has 4 aromatic rings. The number of amides is 1. The van der Waals surface area contributed by atoms with Crippen LogP contribution in [0.3, 0.4) is 0 Å². The molecule has 2 aliphatic rings. The average molecular weight is 477 g/mol. The highest BCUT2D eigenvalue weighted by Crippen LogP contribution is 2.45. The summed E-state index contributed by atoms with van der Waals surface area (Å²) in [5.41, 5.74) is 9.88. The number of hydrogen-bond acceptors (Lipinski definition) is 9. The molecule has 0 unspecified atom stereocenters. The quantitative estimate of drug-likeness (QED) is 0.444. The number of aryl methyl sites for hydroxylation is 2. The summed E-state index contributed by atoms with van der Waals surface area (Å²) in [7, 11) is 0. The minimum absolute atomic E-state index is 0.144. The molecular formula is C24H24N6O3S. The first-order chi connectivity index (χ1) is 16.6. The molecule has 4 aromatic heterocycles. The second-order valence-electron chi connectivity index (χ2n) is 8.76. The fourth-order valence-corrected chi connectivity index (χ4v) is 5.97. The predicted octanol–water partition coefficient (Wildman–Crippen LogP) is 3.90. The number of nitrogens with two attached hydrogens (primary N) is 1. The fourth-order valence-electron chi connectivity index (χ4n) is 4.85. The van der Waals surface area contributed by atoms with Crippen molar-refractivity contribution in [3.8, 4) is 21.9 Å². The molecule has 0 spiro atoms. The molecule has 3 N–H and O–H groups in total. The van der Waals surface area contributed by atoms with Gasteiger partial charge in [0.1, 0.15) is 5.82 Å². The monoisotopic (exact) mass is 476 g/mol. The molecule has 0 aromatic carbocycles. The highest BCUT2D eigenvalue weighted by Gasteiger charge is 2.33. The number of hydrogen-bond donors (Lipinski definition) is 2. The van der Waals surface area contributed by atoms with Crippen LogP contribution in [0.25, 0.3) is 32.0 Å². The lowest BCUT2D eigenvalue weighted by Gasteiger charge is -2.22. The molecule has 0 saturated carbocycles. The van der Waals surface area contributed by atoms with Gasteiger partial charge in [0.05, 0.1) is 33.8 Å². The number of carbonyl (C=O) groups is 1. The van der Waals surface area contributed by atoms with Gasteiger partial charge in [-0.1, -0.05) is 0 Å².